The first-order chi connectivity index (χ1) is 12.2. The van der Waals surface area contributed by atoms with Crippen LogP contribution in [0.5, 0.6) is 0 Å². The number of hydrogen-bond donors (Lipinski definition) is 3. The molecule has 142 valence electrons. The van der Waals surface area contributed by atoms with Crippen LogP contribution in [0.4, 0.5) is 0 Å². The Kier molecular flexibility index (Phi) is 10.9. The molecule has 0 saturated heterocycles. The fraction of sp³-hybridized carbons (Fsp3) is 0.333. The molecule has 0 aliphatic carbocycles. The predicted octanol–water partition coefficient (Wildman–Crippen LogP) is 2.97. The molecule has 1 amide bonds. The van der Waals surface area contributed by atoms with Gasteiger partial charge in [0.25, 0.3) is 5.91 Å². The number of nitrogens with zero attached hydrogens (tertiary/aromatic N) is 1. The first-order valence-electron chi connectivity index (χ1n) is 8.17. The molecule has 0 fully saturated rings. The summed E-state index contributed by atoms with van der Waals surface area (Å²) in [6.45, 7) is 4.01. The summed E-state index contributed by atoms with van der Waals surface area (Å²) in [6, 6.07) is 13.6. The normalized spacial score (nSPS) is 12.0. The topological polar surface area (TPSA) is 78.7 Å². The van der Waals surface area contributed by atoms with Gasteiger partial charge in [-0.15, -0.1) is 35.7 Å². The van der Waals surface area contributed by atoms with Crippen LogP contribution >= 0.6 is 35.7 Å². The summed E-state index contributed by atoms with van der Waals surface area (Å²) in [5, 5.41) is 9.65. The number of carbonyl (C=O) groups excluding carboxylic acids is 1. The van der Waals surface area contributed by atoms with Crippen LogP contribution < -0.4 is 16.0 Å². The van der Waals surface area contributed by atoms with Crippen LogP contribution in [0.2, 0.25) is 0 Å². The van der Waals surface area contributed by atoms with Gasteiger partial charge in [0.1, 0.15) is 0 Å². The lowest BCUT2D eigenvalue weighted by molar-refractivity contribution is 0.0926. The molecule has 1 aromatic carbocycles. The first-order valence-corrected chi connectivity index (χ1v) is 9.05. The number of rotatable bonds is 8. The van der Waals surface area contributed by atoms with Crippen LogP contribution in [0.15, 0.2) is 63.0 Å². The van der Waals surface area contributed by atoms with E-state index < -0.39 is 0 Å². The van der Waals surface area contributed by atoms with Gasteiger partial charge in [-0.2, -0.15) is 0 Å². The number of nitrogens with one attached hydrogen (secondary N) is 3. The fourth-order valence-electron chi connectivity index (χ4n) is 2.09. The van der Waals surface area contributed by atoms with Crippen LogP contribution in [-0.2, 0) is 0 Å². The van der Waals surface area contributed by atoms with Crippen molar-refractivity contribution in [2.24, 2.45) is 4.99 Å². The van der Waals surface area contributed by atoms with Gasteiger partial charge in [-0.3, -0.25) is 9.79 Å². The number of benzene rings is 1. The average molecular weight is 488 g/mol. The molecule has 26 heavy (non-hydrogen) atoms. The van der Waals surface area contributed by atoms with E-state index in [2.05, 4.69) is 40.0 Å². The molecule has 6 nitrogen and oxygen atoms in total. The highest BCUT2D eigenvalue weighted by Gasteiger charge is 2.08. The van der Waals surface area contributed by atoms with Gasteiger partial charge in [-0.25, -0.2) is 0 Å². The van der Waals surface area contributed by atoms with E-state index in [-0.39, 0.29) is 29.9 Å². The zero-order chi connectivity index (χ0) is 17.9. The maximum atomic E-state index is 11.7. The Hall–Kier alpha value is -1.68. The molecule has 2 rings (SSSR count). The van der Waals surface area contributed by atoms with Gasteiger partial charge in [0.15, 0.2) is 11.7 Å². The van der Waals surface area contributed by atoms with E-state index in [0.717, 1.165) is 6.54 Å². The van der Waals surface area contributed by atoms with Crippen molar-refractivity contribution < 1.29 is 9.21 Å². The van der Waals surface area contributed by atoms with Crippen LogP contribution in [0, 0.1) is 0 Å². The molecular formula is C18H25IN4O2S. The maximum absolute atomic E-state index is 11.7. The highest BCUT2D eigenvalue weighted by Crippen LogP contribution is 2.21. The van der Waals surface area contributed by atoms with Crippen molar-refractivity contribution in [1.29, 1.82) is 0 Å². The van der Waals surface area contributed by atoms with E-state index in [4.69, 9.17) is 4.42 Å². The second-order valence-electron chi connectivity index (χ2n) is 5.35. The lowest BCUT2D eigenvalue weighted by atomic mass is 10.4. The highest BCUT2D eigenvalue weighted by molar-refractivity contribution is 14.0. The van der Waals surface area contributed by atoms with Gasteiger partial charge < -0.3 is 20.4 Å². The molecule has 1 heterocycles. The Labute approximate surface area is 175 Å². The number of furan rings is 1. The molecular weight excluding hydrogens is 463 g/mol. The van der Waals surface area contributed by atoms with Crippen LogP contribution in [0.1, 0.15) is 17.5 Å². The average Bonchev–Trinajstić information content (AvgIpc) is 3.16. The standard InChI is InChI=1S/C18H24N4O2S.HI/c1-14(25-15-7-4-3-5-8-15)13-22-18(19-2)21-11-10-20-17(23)16-9-6-12-24-16;/h3-9,12,14H,10-11,13H2,1-2H3,(H,20,23)(H2,19,21,22);1H. The number of aliphatic imine (C=N–C) groups is 1. The van der Waals surface area contributed by atoms with E-state index in [9.17, 15) is 4.79 Å². The summed E-state index contributed by atoms with van der Waals surface area (Å²) < 4.78 is 5.04. The number of guanidine groups is 1. The SMILES string of the molecule is CN=C(NCCNC(=O)c1ccco1)NCC(C)Sc1ccccc1.I. The molecule has 0 aliphatic heterocycles. The molecule has 0 radical (unpaired) electrons. The van der Waals surface area contributed by atoms with Gasteiger partial charge in [0.2, 0.25) is 0 Å². The minimum atomic E-state index is -0.220. The molecule has 0 bridgehead atoms. The van der Waals surface area contributed by atoms with Gasteiger partial charge >= 0.3 is 0 Å². The fourth-order valence-corrected chi connectivity index (χ4v) is 3.03. The third kappa shape index (κ3) is 8.13. The number of hydrogen-bond acceptors (Lipinski definition) is 4. The summed E-state index contributed by atoms with van der Waals surface area (Å²) in [4.78, 5) is 17.2. The Bertz CT molecular complexity index is 665. The highest BCUT2D eigenvalue weighted by atomic mass is 127. The zero-order valence-corrected chi connectivity index (χ0v) is 18.0. The Morgan fingerprint density at radius 3 is 2.50 bits per heavy atom. The Balaban J connectivity index is 0.00000338. The maximum Gasteiger partial charge on any atom is 0.287 e. The quantitative estimate of drug-likeness (QED) is 0.175. The van der Waals surface area contributed by atoms with Crippen molar-refractivity contribution in [2.75, 3.05) is 26.7 Å². The summed E-state index contributed by atoms with van der Waals surface area (Å²) >= 11 is 1.81. The van der Waals surface area contributed by atoms with Crippen molar-refractivity contribution in [1.82, 2.24) is 16.0 Å². The Morgan fingerprint density at radius 1 is 1.12 bits per heavy atom. The van der Waals surface area contributed by atoms with E-state index in [1.165, 1.54) is 11.2 Å². The van der Waals surface area contributed by atoms with Gasteiger partial charge in [-0.05, 0) is 24.3 Å². The van der Waals surface area contributed by atoms with E-state index in [1.54, 1.807) is 19.2 Å². The molecule has 1 unspecified atom stereocenters. The molecule has 1 aromatic heterocycles. The minimum absolute atomic E-state index is 0. The van der Waals surface area contributed by atoms with Gasteiger partial charge in [0, 0.05) is 36.8 Å². The second kappa shape index (κ2) is 12.6. The third-order valence-electron chi connectivity index (χ3n) is 3.31. The number of amides is 1. The molecule has 8 heteroatoms. The minimum Gasteiger partial charge on any atom is -0.459 e. The summed E-state index contributed by atoms with van der Waals surface area (Å²) in [6.07, 6.45) is 1.48. The number of carbonyl (C=O) groups is 1. The first kappa shape index (κ1) is 22.4. The summed E-state index contributed by atoms with van der Waals surface area (Å²) in [5.41, 5.74) is 0. The van der Waals surface area contributed by atoms with E-state index in [0.29, 0.717) is 30.1 Å². The molecule has 2 aromatic rings. The lowest BCUT2D eigenvalue weighted by Crippen LogP contribution is -2.43. The van der Waals surface area contributed by atoms with Crippen molar-refractivity contribution in [2.45, 2.75) is 17.1 Å². The van der Waals surface area contributed by atoms with E-state index >= 15 is 0 Å². The monoisotopic (exact) mass is 488 g/mol. The molecule has 0 aliphatic rings. The van der Waals surface area contributed by atoms with Crippen LogP contribution in [0.25, 0.3) is 0 Å². The molecule has 3 N–H and O–H groups in total. The van der Waals surface area contributed by atoms with Crippen molar-refractivity contribution >= 4 is 47.6 Å². The third-order valence-corrected chi connectivity index (χ3v) is 4.42. The number of halogens is 1. The largest absolute Gasteiger partial charge is 0.459 e. The molecule has 0 saturated carbocycles. The predicted molar refractivity (Wildman–Crippen MR) is 118 cm³/mol. The van der Waals surface area contributed by atoms with Crippen molar-refractivity contribution in [3.63, 3.8) is 0 Å². The van der Waals surface area contributed by atoms with Gasteiger partial charge in [-0.1, -0.05) is 25.1 Å². The lowest BCUT2D eigenvalue weighted by Gasteiger charge is -2.16. The molecule has 1 atom stereocenters. The van der Waals surface area contributed by atoms with Crippen LogP contribution in [0.3, 0.4) is 0 Å². The van der Waals surface area contributed by atoms with Crippen molar-refractivity contribution in [3.8, 4) is 0 Å². The van der Waals surface area contributed by atoms with Crippen molar-refractivity contribution in [3.05, 3.63) is 54.5 Å². The number of thioether (sulfide) groups is 1. The summed E-state index contributed by atoms with van der Waals surface area (Å²) in [5.74, 6) is 0.810. The Morgan fingerprint density at radius 2 is 1.85 bits per heavy atom. The zero-order valence-electron chi connectivity index (χ0n) is 14.9. The molecule has 0 spiro atoms. The second-order valence-corrected chi connectivity index (χ2v) is 6.87. The summed E-state index contributed by atoms with van der Waals surface area (Å²) in [7, 11) is 1.73. The van der Waals surface area contributed by atoms with E-state index in [1.807, 2.05) is 30.0 Å². The van der Waals surface area contributed by atoms with Crippen LogP contribution in [-0.4, -0.2) is 43.8 Å². The smallest absolute Gasteiger partial charge is 0.287 e. The van der Waals surface area contributed by atoms with Gasteiger partial charge in [0.05, 0.1) is 6.26 Å².